The van der Waals surface area contributed by atoms with E-state index in [0.29, 0.717) is 18.4 Å². The van der Waals surface area contributed by atoms with Crippen molar-refractivity contribution in [2.45, 2.75) is 99.5 Å². The summed E-state index contributed by atoms with van der Waals surface area (Å²) in [5, 5.41) is 10.5. The molecule has 1 aromatic heterocycles. The van der Waals surface area contributed by atoms with Gasteiger partial charge in [0, 0.05) is 18.0 Å². The molecule has 0 saturated heterocycles. The summed E-state index contributed by atoms with van der Waals surface area (Å²) in [4.78, 5) is 16.7. The van der Waals surface area contributed by atoms with Gasteiger partial charge >= 0.3 is 0 Å². The molecule has 3 atom stereocenters. The molecule has 1 heterocycles. The first kappa shape index (κ1) is 25.7. The van der Waals surface area contributed by atoms with Gasteiger partial charge < -0.3 is 10.8 Å². The van der Waals surface area contributed by atoms with Gasteiger partial charge in [0.2, 0.25) is 5.91 Å². The number of aliphatic hydroxyl groups is 1. The first-order valence-corrected chi connectivity index (χ1v) is 12.6. The zero-order valence-corrected chi connectivity index (χ0v) is 21.8. The van der Waals surface area contributed by atoms with Crippen LogP contribution in [0, 0.1) is 21.7 Å². The van der Waals surface area contributed by atoms with Gasteiger partial charge in [-0.3, -0.25) is 9.78 Å². The smallest absolute Gasteiger partial charge is 0.244 e. The van der Waals surface area contributed by atoms with E-state index in [2.05, 4.69) is 58.7 Å². The van der Waals surface area contributed by atoms with E-state index in [-0.39, 0.29) is 27.6 Å². The van der Waals surface area contributed by atoms with Crippen molar-refractivity contribution in [1.82, 2.24) is 4.98 Å². The Hall–Kier alpha value is -1.94. The Bertz CT molecular complexity index is 944. The minimum Gasteiger partial charge on any atom is -0.393 e. The first-order chi connectivity index (χ1) is 15.3. The number of nitrogens with two attached hydrogens (primary N) is 1. The molecule has 2 aliphatic carbocycles. The molecule has 4 nitrogen and oxygen atoms in total. The summed E-state index contributed by atoms with van der Waals surface area (Å²) >= 11 is 0. The highest BCUT2D eigenvalue weighted by Gasteiger charge is 2.51. The standard InChI is InChI=1S/C29H44N2O2/c1-8-22(25(30)33)24-18-21(32)11-14-28(24,6)27(4,5)15-16-29(7)23(12-13-26(29,2)3)20-10-9-17-31-19-20/h9-10,12,17,19,21,32H,8,11,13-16,18H2,1-7H3,(H2,30,33)/b24-22+/t21-,28-,29+/m0/s1. The summed E-state index contributed by atoms with van der Waals surface area (Å²) in [7, 11) is 0. The van der Waals surface area contributed by atoms with Crippen molar-refractivity contribution in [3.05, 3.63) is 47.3 Å². The number of carbonyl (C=O) groups is 1. The monoisotopic (exact) mass is 452 g/mol. The van der Waals surface area contributed by atoms with Crippen molar-refractivity contribution >= 4 is 11.5 Å². The van der Waals surface area contributed by atoms with Crippen molar-refractivity contribution in [2.24, 2.45) is 27.4 Å². The number of amides is 1. The molecule has 1 saturated carbocycles. The number of pyridine rings is 1. The predicted molar refractivity (Wildman–Crippen MR) is 136 cm³/mol. The lowest BCUT2D eigenvalue weighted by Gasteiger charge is -2.52. The molecule has 182 valence electrons. The lowest BCUT2D eigenvalue weighted by Crippen LogP contribution is -2.44. The van der Waals surface area contributed by atoms with Crippen LogP contribution in [0.4, 0.5) is 0 Å². The van der Waals surface area contributed by atoms with Crippen molar-refractivity contribution < 1.29 is 9.90 Å². The van der Waals surface area contributed by atoms with Gasteiger partial charge in [0.05, 0.1) is 6.10 Å². The molecule has 33 heavy (non-hydrogen) atoms. The van der Waals surface area contributed by atoms with Crippen molar-refractivity contribution in [3.63, 3.8) is 0 Å². The van der Waals surface area contributed by atoms with Crippen LogP contribution in [0.15, 0.2) is 41.7 Å². The van der Waals surface area contributed by atoms with E-state index in [9.17, 15) is 9.90 Å². The van der Waals surface area contributed by atoms with E-state index >= 15 is 0 Å². The fraction of sp³-hybridized carbons (Fsp3) is 0.655. The van der Waals surface area contributed by atoms with E-state index in [1.54, 1.807) is 0 Å². The largest absolute Gasteiger partial charge is 0.393 e. The number of nitrogens with zero attached hydrogens (tertiary/aromatic N) is 1. The summed E-state index contributed by atoms with van der Waals surface area (Å²) in [5.74, 6) is -0.339. The number of hydrogen-bond acceptors (Lipinski definition) is 3. The van der Waals surface area contributed by atoms with Crippen LogP contribution >= 0.6 is 0 Å². The van der Waals surface area contributed by atoms with Crippen LogP contribution in [-0.4, -0.2) is 22.1 Å². The number of carbonyl (C=O) groups excluding carboxylic acids is 1. The molecule has 0 aromatic carbocycles. The minimum absolute atomic E-state index is 0.0268. The summed E-state index contributed by atoms with van der Waals surface area (Å²) < 4.78 is 0. The van der Waals surface area contributed by atoms with E-state index < -0.39 is 6.10 Å². The maximum absolute atomic E-state index is 12.3. The lowest BCUT2D eigenvalue weighted by molar-refractivity contribution is -0.115. The highest BCUT2D eigenvalue weighted by Crippen LogP contribution is 2.62. The fourth-order valence-electron chi connectivity index (χ4n) is 6.35. The molecule has 3 rings (SSSR count). The second-order valence-corrected chi connectivity index (χ2v) is 12.1. The second-order valence-electron chi connectivity index (χ2n) is 12.1. The topological polar surface area (TPSA) is 76.2 Å². The van der Waals surface area contributed by atoms with Gasteiger partial charge in [-0.05, 0) is 83.8 Å². The van der Waals surface area contributed by atoms with Gasteiger partial charge in [0.15, 0.2) is 0 Å². The lowest BCUT2D eigenvalue weighted by atomic mass is 9.52. The molecule has 3 N–H and O–H groups in total. The average Bonchev–Trinajstić information content (AvgIpc) is 2.99. The van der Waals surface area contributed by atoms with E-state index in [4.69, 9.17) is 5.73 Å². The van der Waals surface area contributed by atoms with E-state index in [1.807, 2.05) is 25.4 Å². The van der Waals surface area contributed by atoms with Crippen molar-refractivity contribution in [2.75, 3.05) is 0 Å². The molecule has 1 fully saturated rings. The Morgan fingerprint density at radius 3 is 2.55 bits per heavy atom. The minimum atomic E-state index is -0.392. The molecule has 0 bridgehead atoms. The number of aliphatic hydroxyl groups excluding tert-OH is 1. The molecule has 1 aromatic rings. The SMILES string of the molecule is CC/C(C(N)=O)=C1/C[C@@H](O)CC[C@]1(C)C(C)(C)CC[C@]1(C)C(c2cccnc2)=CCC1(C)C. The van der Waals surface area contributed by atoms with Crippen molar-refractivity contribution in [1.29, 1.82) is 0 Å². The zero-order valence-electron chi connectivity index (χ0n) is 21.8. The molecule has 0 radical (unpaired) electrons. The summed E-state index contributed by atoms with van der Waals surface area (Å²) in [6.45, 7) is 16.2. The fourth-order valence-corrected chi connectivity index (χ4v) is 6.35. The highest BCUT2D eigenvalue weighted by molar-refractivity contribution is 5.93. The summed E-state index contributed by atoms with van der Waals surface area (Å²) in [6.07, 6.45) is 11.8. The third kappa shape index (κ3) is 4.43. The Labute approximate surface area is 200 Å². The molecular weight excluding hydrogens is 408 g/mol. The normalized spacial score (nSPS) is 31.3. The van der Waals surface area contributed by atoms with Crippen LogP contribution in [0.25, 0.3) is 5.57 Å². The first-order valence-electron chi connectivity index (χ1n) is 12.6. The molecule has 2 aliphatic rings. The number of hydrogen-bond donors (Lipinski definition) is 2. The van der Waals surface area contributed by atoms with Crippen LogP contribution in [0.1, 0.15) is 99.0 Å². The summed E-state index contributed by atoms with van der Waals surface area (Å²) in [6, 6.07) is 4.20. The molecule has 1 amide bonds. The van der Waals surface area contributed by atoms with Crippen molar-refractivity contribution in [3.8, 4) is 0 Å². The Kier molecular flexibility index (Phi) is 7.02. The maximum Gasteiger partial charge on any atom is 0.244 e. The molecule has 0 spiro atoms. The van der Waals surface area contributed by atoms with Crippen LogP contribution < -0.4 is 5.73 Å². The van der Waals surface area contributed by atoms with Crippen LogP contribution in [0.2, 0.25) is 0 Å². The number of rotatable bonds is 7. The number of primary amides is 1. The Morgan fingerprint density at radius 1 is 1.27 bits per heavy atom. The third-order valence-electron chi connectivity index (χ3n) is 9.72. The number of aromatic nitrogens is 1. The van der Waals surface area contributed by atoms with Gasteiger partial charge in [-0.15, -0.1) is 0 Å². The molecule has 0 unspecified atom stereocenters. The quantitative estimate of drug-likeness (QED) is 0.467. The van der Waals surface area contributed by atoms with Gasteiger partial charge in [0.25, 0.3) is 0 Å². The molecular formula is C29H44N2O2. The summed E-state index contributed by atoms with van der Waals surface area (Å²) in [5.41, 5.74) is 10.2. The maximum atomic E-state index is 12.3. The zero-order chi connectivity index (χ0) is 24.7. The Morgan fingerprint density at radius 2 is 1.97 bits per heavy atom. The Balaban J connectivity index is 1.96. The van der Waals surface area contributed by atoms with Gasteiger partial charge in [-0.2, -0.15) is 0 Å². The highest BCUT2D eigenvalue weighted by atomic mass is 16.3. The van der Waals surface area contributed by atoms with Gasteiger partial charge in [0.1, 0.15) is 0 Å². The molecule has 4 heteroatoms. The second kappa shape index (κ2) is 9.02. The van der Waals surface area contributed by atoms with Gasteiger partial charge in [-0.1, -0.05) is 66.2 Å². The van der Waals surface area contributed by atoms with Crippen LogP contribution in [0.5, 0.6) is 0 Å². The van der Waals surface area contributed by atoms with Crippen LogP contribution in [-0.2, 0) is 4.79 Å². The van der Waals surface area contributed by atoms with E-state index in [1.165, 1.54) is 11.1 Å². The average molecular weight is 453 g/mol. The molecule has 0 aliphatic heterocycles. The number of allylic oxidation sites excluding steroid dienone is 2. The van der Waals surface area contributed by atoms with Crippen LogP contribution in [0.3, 0.4) is 0 Å². The predicted octanol–water partition coefficient (Wildman–Crippen LogP) is 6.45. The third-order valence-corrected chi connectivity index (χ3v) is 9.72. The van der Waals surface area contributed by atoms with E-state index in [0.717, 1.165) is 37.7 Å². The van der Waals surface area contributed by atoms with Gasteiger partial charge in [-0.25, -0.2) is 0 Å².